The standard InChI is InChI=1S/C14H25NO3/c1-5-15-13(16)14(17)18-12-8-10(4)6-7-11(12)9(2)3/h9-12H,5-8H2,1-4H3,(H,15,16)/t10-,11+,12-/m0/s1. The van der Waals surface area contributed by atoms with Crippen LogP contribution < -0.4 is 5.32 Å². The Bertz CT molecular complexity index is 301. The third-order valence-corrected chi connectivity index (χ3v) is 3.74. The predicted octanol–water partition coefficient (Wildman–Crippen LogP) is 2.13. The summed E-state index contributed by atoms with van der Waals surface area (Å²) in [5.41, 5.74) is 0. The van der Waals surface area contributed by atoms with Gasteiger partial charge < -0.3 is 10.1 Å². The lowest BCUT2D eigenvalue weighted by Crippen LogP contribution is -2.40. The number of nitrogens with one attached hydrogen (secondary N) is 1. The van der Waals surface area contributed by atoms with Gasteiger partial charge in [-0.05, 0) is 37.5 Å². The summed E-state index contributed by atoms with van der Waals surface area (Å²) < 4.78 is 5.40. The number of rotatable bonds is 3. The Kier molecular flexibility index (Phi) is 5.63. The monoisotopic (exact) mass is 255 g/mol. The SMILES string of the molecule is CCNC(=O)C(=O)O[C@H]1C[C@@H](C)CC[C@@H]1C(C)C. The van der Waals surface area contributed by atoms with E-state index in [2.05, 4.69) is 26.1 Å². The van der Waals surface area contributed by atoms with E-state index >= 15 is 0 Å². The highest BCUT2D eigenvalue weighted by molar-refractivity contribution is 6.32. The summed E-state index contributed by atoms with van der Waals surface area (Å²) in [6.07, 6.45) is 3.02. The number of carbonyl (C=O) groups is 2. The molecule has 1 saturated carbocycles. The minimum Gasteiger partial charge on any atom is -0.455 e. The van der Waals surface area contributed by atoms with Crippen molar-refractivity contribution in [1.82, 2.24) is 5.32 Å². The zero-order valence-corrected chi connectivity index (χ0v) is 11.9. The first-order valence-electron chi connectivity index (χ1n) is 6.94. The summed E-state index contributed by atoms with van der Waals surface area (Å²) in [5, 5.41) is 2.48. The first kappa shape index (κ1) is 15.0. The van der Waals surface area contributed by atoms with Gasteiger partial charge in [-0.2, -0.15) is 0 Å². The minimum absolute atomic E-state index is 0.108. The van der Waals surface area contributed by atoms with E-state index in [4.69, 9.17) is 4.74 Å². The molecule has 0 aromatic heterocycles. The van der Waals surface area contributed by atoms with Crippen molar-refractivity contribution in [3.05, 3.63) is 0 Å². The Hall–Kier alpha value is -1.06. The highest BCUT2D eigenvalue weighted by Crippen LogP contribution is 2.35. The second kappa shape index (κ2) is 6.76. The quantitative estimate of drug-likeness (QED) is 0.621. The number of hydrogen-bond acceptors (Lipinski definition) is 3. The van der Waals surface area contributed by atoms with Gasteiger partial charge in [0.1, 0.15) is 6.10 Å². The fraction of sp³-hybridized carbons (Fsp3) is 0.857. The summed E-state index contributed by atoms with van der Waals surface area (Å²) in [4.78, 5) is 23.0. The Labute approximate surface area is 109 Å². The van der Waals surface area contributed by atoms with Crippen LogP contribution in [0.4, 0.5) is 0 Å². The van der Waals surface area contributed by atoms with E-state index in [-0.39, 0.29) is 6.10 Å². The average molecular weight is 255 g/mol. The first-order chi connectivity index (χ1) is 8.45. The second-order valence-electron chi connectivity index (χ2n) is 5.63. The molecular formula is C14H25NO3. The van der Waals surface area contributed by atoms with Gasteiger partial charge in [0.25, 0.3) is 0 Å². The van der Waals surface area contributed by atoms with E-state index < -0.39 is 11.9 Å². The molecule has 0 aromatic rings. The van der Waals surface area contributed by atoms with Crippen molar-refractivity contribution in [2.75, 3.05) is 6.54 Å². The molecule has 0 bridgehead atoms. The van der Waals surface area contributed by atoms with Gasteiger partial charge in [0, 0.05) is 6.54 Å². The zero-order valence-electron chi connectivity index (χ0n) is 11.9. The maximum absolute atomic E-state index is 11.6. The van der Waals surface area contributed by atoms with Crippen LogP contribution in [0.2, 0.25) is 0 Å². The predicted molar refractivity (Wildman–Crippen MR) is 69.9 cm³/mol. The number of hydrogen-bond donors (Lipinski definition) is 1. The molecule has 1 fully saturated rings. The third-order valence-electron chi connectivity index (χ3n) is 3.74. The maximum atomic E-state index is 11.6. The van der Waals surface area contributed by atoms with Crippen molar-refractivity contribution in [1.29, 1.82) is 0 Å². The number of carbonyl (C=O) groups excluding carboxylic acids is 2. The smallest absolute Gasteiger partial charge is 0.397 e. The minimum atomic E-state index is -0.735. The Morgan fingerprint density at radius 3 is 2.56 bits per heavy atom. The normalized spacial score (nSPS) is 27.9. The lowest BCUT2D eigenvalue weighted by molar-refractivity contribution is -0.164. The van der Waals surface area contributed by atoms with E-state index in [1.165, 1.54) is 6.42 Å². The molecule has 1 N–H and O–H groups in total. The Morgan fingerprint density at radius 1 is 1.33 bits per heavy atom. The van der Waals surface area contributed by atoms with Crippen molar-refractivity contribution in [3.63, 3.8) is 0 Å². The molecule has 18 heavy (non-hydrogen) atoms. The molecule has 0 heterocycles. The van der Waals surface area contributed by atoms with E-state index in [1.54, 1.807) is 6.92 Å². The highest BCUT2D eigenvalue weighted by Gasteiger charge is 2.34. The van der Waals surface area contributed by atoms with Gasteiger partial charge in [-0.3, -0.25) is 4.79 Å². The number of ether oxygens (including phenoxy) is 1. The number of amides is 1. The first-order valence-corrected chi connectivity index (χ1v) is 6.94. The van der Waals surface area contributed by atoms with Gasteiger partial charge in [-0.25, -0.2) is 4.79 Å². The fourth-order valence-corrected chi connectivity index (χ4v) is 2.67. The van der Waals surface area contributed by atoms with Crippen LogP contribution in [0.15, 0.2) is 0 Å². The van der Waals surface area contributed by atoms with Crippen molar-refractivity contribution >= 4 is 11.9 Å². The molecule has 0 aliphatic heterocycles. The van der Waals surface area contributed by atoms with Crippen molar-refractivity contribution in [2.45, 2.75) is 53.1 Å². The van der Waals surface area contributed by atoms with Crippen LogP contribution in [0.25, 0.3) is 0 Å². The summed E-state index contributed by atoms with van der Waals surface area (Å²) in [6.45, 7) is 8.69. The van der Waals surface area contributed by atoms with Crippen LogP contribution in [0, 0.1) is 17.8 Å². The molecule has 0 aromatic carbocycles. The average Bonchev–Trinajstić information content (AvgIpc) is 2.28. The molecule has 3 atom stereocenters. The maximum Gasteiger partial charge on any atom is 0.397 e. The van der Waals surface area contributed by atoms with E-state index in [0.717, 1.165) is 12.8 Å². The Morgan fingerprint density at radius 2 is 2.00 bits per heavy atom. The molecule has 4 nitrogen and oxygen atoms in total. The van der Waals surface area contributed by atoms with Crippen LogP contribution in [-0.2, 0) is 14.3 Å². The summed E-state index contributed by atoms with van der Waals surface area (Å²) in [5.74, 6) is 0.0518. The van der Waals surface area contributed by atoms with Gasteiger partial charge >= 0.3 is 11.9 Å². The third kappa shape index (κ3) is 4.00. The van der Waals surface area contributed by atoms with Gasteiger partial charge in [0.05, 0.1) is 0 Å². The lowest BCUT2D eigenvalue weighted by atomic mass is 9.75. The fourth-order valence-electron chi connectivity index (χ4n) is 2.67. The summed E-state index contributed by atoms with van der Waals surface area (Å²) in [7, 11) is 0. The molecule has 4 heteroatoms. The number of likely N-dealkylation sites (N-methyl/N-ethyl adjacent to an activating group) is 1. The molecular weight excluding hydrogens is 230 g/mol. The van der Waals surface area contributed by atoms with Gasteiger partial charge in [0.2, 0.25) is 0 Å². The zero-order chi connectivity index (χ0) is 13.7. The molecule has 0 spiro atoms. The molecule has 104 valence electrons. The molecule has 0 saturated heterocycles. The van der Waals surface area contributed by atoms with Crippen LogP contribution in [0.5, 0.6) is 0 Å². The highest BCUT2D eigenvalue weighted by atomic mass is 16.5. The Balaban J connectivity index is 2.60. The van der Waals surface area contributed by atoms with Crippen molar-refractivity contribution < 1.29 is 14.3 Å². The van der Waals surface area contributed by atoms with Crippen LogP contribution in [0.3, 0.4) is 0 Å². The number of esters is 1. The van der Waals surface area contributed by atoms with Gasteiger partial charge in [-0.15, -0.1) is 0 Å². The lowest BCUT2D eigenvalue weighted by Gasteiger charge is -2.36. The van der Waals surface area contributed by atoms with Crippen LogP contribution in [0.1, 0.15) is 47.0 Å². The van der Waals surface area contributed by atoms with Crippen molar-refractivity contribution in [3.8, 4) is 0 Å². The van der Waals surface area contributed by atoms with Gasteiger partial charge in [0.15, 0.2) is 0 Å². The molecule has 1 aliphatic rings. The summed E-state index contributed by atoms with van der Waals surface area (Å²) in [6, 6.07) is 0. The second-order valence-corrected chi connectivity index (χ2v) is 5.63. The molecule has 0 radical (unpaired) electrons. The topological polar surface area (TPSA) is 55.4 Å². The van der Waals surface area contributed by atoms with E-state index in [1.807, 2.05) is 0 Å². The molecule has 1 rings (SSSR count). The summed E-state index contributed by atoms with van der Waals surface area (Å²) >= 11 is 0. The van der Waals surface area contributed by atoms with Crippen LogP contribution >= 0.6 is 0 Å². The largest absolute Gasteiger partial charge is 0.455 e. The van der Waals surface area contributed by atoms with E-state index in [0.29, 0.717) is 24.3 Å². The molecule has 1 amide bonds. The van der Waals surface area contributed by atoms with Crippen LogP contribution in [-0.4, -0.2) is 24.5 Å². The van der Waals surface area contributed by atoms with Gasteiger partial charge in [-0.1, -0.05) is 27.2 Å². The van der Waals surface area contributed by atoms with E-state index in [9.17, 15) is 9.59 Å². The molecule has 0 unspecified atom stereocenters. The molecule has 1 aliphatic carbocycles. The van der Waals surface area contributed by atoms with Crippen molar-refractivity contribution in [2.24, 2.45) is 17.8 Å².